The van der Waals surface area contributed by atoms with Gasteiger partial charge in [0.25, 0.3) is 0 Å². The monoisotopic (exact) mass is 383 g/mol. The normalized spacial score (nSPS) is 18.7. The molecule has 1 aromatic rings. The molecule has 2 amide bonds. The summed E-state index contributed by atoms with van der Waals surface area (Å²) in [4.78, 5) is 28.3. The first-order valence-electron chi connectivity index (χ1n) is 8.36. The number of carbonyl (C=O) groups excluding carboxylic acids is 2. The number of nitrogens with one attached hydrogen (secondary N) is 1. The van der Waals surface area contributed by atoms with E-state index in [9.17, 15) is 23.1 Å². The highest BCUT2D eigenvalue weighted by Gasteiger charge is 2.36. The maximum Gasteiger partial charge on any atom is 0.313 e. The predicted molar refractivity (Wildman–Crippen MR) is 98.8 cm³/mol. The number of carbonyl (C=O) groups is 2. The van der Waals surface area contributed by atoms with Crippen LogP contribution in [0.4, 0.5) is 5.69 Å². The van der Waals surface area contributed by atoms with Crippen molar-refractivity contribution >= 4 is 27.3 Å². The molecule has 1 aliphatic rings. The summed E-state index contributed by atoms with van der Waals surface area (Å²) in [5.74, 6) is -1.58. The van der Waals surface area contributed by atoms with E-state index in [1.54, 1.807) is 6.92 Å². The van der Waals surface area contributed by atoms with Gasteiger partial charge in [-0.3, -0.25) is 9.59 Å². The Balaban J connectivity index is 2.15. The second-order valence-electron chi connectivity index (χ2n) is 6.81. The quantitative estimate of drug-likeness (QED) is 0.556. The molecule has 1 aliphatic heterocycles. The van der Waals surface area contributed by atoms with Crippen molar-refractivity contribution in [3.63, 3.8) is 0 Å². The average molecular weight is 383 g/mol. The number of benzene rings is 1. The molecule has 0 radical (unpaired) electrons. The van der Waals surface area contributed by atoms with E-state index in [1.807, 2.05) is 19.0 Å². The van der Waals surface area contributed by atoms with E-state index in [1.165, 1.54) is 23.1 Å². The molecule has 144 valence electrons. The van der Waals surface area contributed by atoms with Crippen molar-refractivity contribution in [1.29, 1.82) is 0 Å². The fourth-order valence-corrected chi connectivity index (χ4v) is 4.60. The molecule has 0 aliphatic carbocycles. The summed E-state index contributed by atoms with van der Waals surface area (Å²) in [6.45, 7) is 2.50. The smallest absolute Gasteiger partial charge is 0.313 e. The number of phenolic OH excluding ortho intramolecular Hbond substituents is 1. The Morgan fingerprint density at radius 1 is 1.27 bits per heavy atom. The summed E-state index contributed by atoms with van der Waals surface area (Å²) >= 11 is 0. The van der Waals surface area contributed by atoms with Gasteiger partial charge in [-0.1, -0.05) is 0 Å². The third kappa shape index (κ3) is 5.18. The Bertz CT molecular complexity index is 792. The molecule has 1 unspecified atom stereocenters. The lowest BCUT2D eigenvalue weighted by atomic mass is 10.2. The number of aromatic hydroxyl groups is 1. The van der Waals surface area contributed by atoms with Crippen LogP contribution in [0.5, 0.6) is 5.75 Å². The van der Waals surface area contributed by atoms with Gasteiger partial charge in [0, 0.05) is 24.8 Å². The average Bonchev–Trinajstić information content (AvgIpc) is 2.89. The van der Waals surface area contributed by atoms with Gasteiger partial charge in [0.05, 0.1) is 11.5 Å². The molecule has 0 spiro atoms. The Morgan fingerprint density at radius 3 is 2.50 bits per heavy atom. The maximum absolute atomic E-state index is 12.7. The zero-order valence-electron chi connectivity index (χ0n) is 15.2. The highest BCUT2D eigenvalue weighted by Crippen LogP contribution is 2.21. The Hall–Kier alpha value is -2.13. The van der Waals surface area contributed by atoms with Gasteiger partial charge in [0.15, 0.2) is 9.84 Å². The van der Waals surface area contributed by atoms with E-state index >= 15 is 0 Å². The van der Waals surface area contributed by atoms with Crippen LogP contribution in [0.1, 0.15) is 12.0 Å². The largest absolute Gasteiger partial charge is 0.508 e. The van der Waals surface area contributed by atoms with E-state index < -0.39 is 27.7 Å². The molecule has 2 rings (SSSR count). The fraction of sp³-hybridized carbons (Fsp3) is 0.529. The van der Waals surface area contributed by atoms with Crippen LogP contribution in [0.25, 0.3) is 0 Å². The summed E-state index contributed by atoms with van der Waals surface area (Å²) in [6.07, 6.45) is 0.340. The van der Waals surface area contributed by atoms with Crippen molar-refractivity contribution in [2.24, 2.45) is 0 Å². The van der Waals surface area contributed by atoms with Crippen LogP contribution in [-0.4, -0.2) is 79.9 Å². The zero-order valence-corrected chi connectivity index (χ0v) is 16.0. The van der Waals surface area contributed by atoms with Gasteiger partial charge in [-0.2, -0.15) is 0 Å². The SMILES string of the molecule is Cc1cc(O)ccc1NC(=O)C(=O)N(CCN(C)C)C1CCS(=O)(=O)C1. The zero-order chi connectivity index (χ0) is 19.5. The van der Waals surface area contributed by atoms with Gasteiger partial charge in [-0.05, 0) is 51.2 Å². The van der Waals surface area contributed by atoms with Gasteiger partial charge < -0.3 is 20.2 Å². The minimum Gasteiger partial charge on any atom is -0.508 e. The molecule has 1 atom stereocenters. The Kier molecular flexibility index (Phi) is 6.25. The van der Waals surface area contributed by atoms with Crippen LogP contribution >= 0.6 is 0 Å². The fourth-order valence-electron chi connectivity index (χ4n) is 2.87. The summed E-state index contributed by atoms with van der Waals surface area (Å²) in [5, 5.41) is 12.0. The number of hydrogen-bond donors (Lipinski definition) is 2. The Labute approximate surface area is 153 Å². The first-order valence-corrected chi connectivity index (χ1v) is 10.2. The van der Waals surface area contributed by atoms with Gasteiger partial charge in [0.2, 0.25) is 0 Å². The molecule has 26 heavy (non-hydrogen) atoms. The van der Waals surface area contributed by atoms with Gasteiger partial charge >= 0.3 is 11.8 Å². The number of rotatable bonds is 5. The molecule has 0 saturated carbocycles. The summed E-state index contributed by atoms with van der Waals surface area (Å²) in [7, 11) is 0.507. The lowest BCUT2D eigenvalue weighted by molar-refractivity contribution is -0.144. The molecular formula is C17H25N3O5S. The third-order valence-corrected chi connectivity index (χ3v) is 6.10. The standard InChI is InChI=1S/C17H25N3O5S/c1-12-10-14(21)4-5-15(12)18-16(22)17(23)20(8-7-19(2)3)13-6-9-26(24,25)11-13/h4-5,10,13,21H,6-9,11H2,1-3H3,(H,18,22). The first-order chi connectivity index (χ1) is 12.1. The summed E-state index contributed by atoms with van der Waals surface area (Å²) in [6, 6.07) is 3.92. The van der Waals surface area contributed by atoms with Crippen LogP contribution in [-0.2, 0) is 19.4 Å². The number of hydrogen-bond acceptors (Lipinski definition) is 6. The van der Waals surface area contributed by atoms with E-state index in [0.29, 0.717) is 24.2 Å². The highest BCUT2D eigenvalue weighted by molar-refractivity contribution is 7.91. The maximum atomic E-state index is 12.7. The van der Waals surface area contributed by atoms with Crippen molar-refractivity contribution in [3.8, 4) is 5.75 Å². The molecule has 9 heteroatoms. The molecular weight excluding hydrogens is 358 g/mol. The van der Waals surface area contributed by atoms with E-state index in [0.717, 1.165) is 0 Å². The number of amides is 2. The highest BCUT2D eigenvalue weighted by atomic mass is 32.2. The number of anilines is 1. The van der Waals surface area contributed by atoms with Gasteiger partial charge in [-0.15, -0.1) is 0 Å². The molecule has 0 aromatic heterocycles. The summed E-state index contributed by atoms with van der Waals surface area (Å²) in [5.41, 5.74) is 1.04. The molecule has 0 bridgehead atoms. The minimum absolute atomic E-state index is 0.0299. The van der Waals surface area contributed by atoms with Crippen molar-refractivity contribution in [3.05, 3.63) is 23.8 Å². The molecule has 2 N–H and O–H groups in total. The molecule has 1 saturated heterocycles. The number of phenols is 1. The van der Waals surface area contributed by atoms with Crippen molar-refractivity contribution in [2.45, 2.75) is 19.4 Å². The van der Waals surface area contributed by atoms with Crippen LogP contribution in [0, 0.1) is 6.92 Å². The van der Waals surface area contributed by atoms with Crippen LogP contribution < -0.4 is 5.32 Å². The first kappa shape index (κ1) is 20.2. The third-order valence-electron chi connectivity index (χ3n) is 4.35. The van der Waals surface area contributed by atoms with Crippen LogP contribution in [0.3, 0.4) is 0 Å². The molecule has 1 aromatic carbocycles. The second-order valence-corrected chi connectivity index (χ2v) is 9.04. The second kappa shape index (κ2) is 8.05. The molecule has 1 heterocycles. The Morgan fingerprint density at radius 2 is 1.96 bits per heavy atom. The lowest BCUT2D eigenvalue weighted by Gasteiger charge is -2.29. The predicted octanol–water partition coefficient (Wildman–Crippen LogP) is 0.216. The van der Waals surface area contributed by atoms with E-state index in [4.69, 9.17) is 0 Å². The minimum atomic E-state index is -3.18. The molecule has 8 nitrogen and oxygen atoms in total. The topological polar surface area (TPSA) is 107 Å². The number of nitrogens with zero attached hydrogens (tertiary/aromatic N) is 2. The van der Waals surface area contributed by atoms with Crippen molar-refractivity contribution < 1.29 is 23.1 Å². The van der Waals surface area contributed by atoms with E-state index in [-0.39, 0.29) is 23.8 Å². The van der Waals surface area contributed by atoms with Crippen LogP contribution in [0.15, 0.2) is 18.2 Å². The van der Waals surface area contributed by atoms with E-state index in [2.05, 4.69) is 5.32 Å². The number of aryl methyl sites for hydroxylation is 1. The number of sulfone groups is 1. The van der Waals surface area contributed by atoms with Crippen molar-refractivity contribution in [1.82, 2.24) is 9.80 Å². The number of likely N-dealkylation sites (N-methyl/N-ethyl adjacent to an activating group) is 1. The lowest BCUT2D eigenvalue weighted by Crippen LogP contribution is -2.49. The van der Waals surface area contributed by atoms with Crippen molar-refractivity contribution in [2.75, 3.05) is 44.0 Å². The van der Waals surface area contributed by atoms with Crippen LogP contribution in [0.2, 0.25) is 0 Å². The van der Waals surface area contributed by atoms with Gasteiger partial charge in [0.1, 0.15) is 5.75 Å². The summed E-state index contributed by atoms with van der Waals surface area (Å²) < 4.78 is 23.5. The van der Waals surface area contributed by atoms with Gasteiger partial charge in [-0.25, -0.2) is 8.42 Å². The molecule has 1 fully saturated rings.